The highest BCUT2D eigenvalue weighted by Gasteiger charge is 2.60. The van der Waals surface area contributed by atoms with Crippen LogP contribution in [0.15, 0.2) is 36.7 Å². The van der Waals surface area contributed by atoms with Crippen LogP contribution in [0.4, 0.5) is 5.95 Å². The Bertz CT molecular complexity index is 1320. The van der Waals surface area contributed by atoms with E-state index in [-0.39, 0.29) is 30.7 Å². The van der Waals surface area contributed by atoms with Gasteiger partial charge in [0.05, 0.1) is 20.0 Å². The van der Waals surface area contributed by atoms with Gasteiger partial charge in [-0.1, -0.05) is 30.3 Å². The van der Waals surface area contributed by atoms with Crippen LogP contribution in [0, 0.1) is 0 Å². The highest BCUT2D eigenvalue weighted by atomic mass is 31.2. The van der Waals surface area contributed by atoms with Gasteiger partial charge in [0.2, 0.25) is 11.8 Å². The first-order valence-corrected chi connectivity index (χ1v) is 12.3. The van der Waals surface area contributed by atoms with Crippen LogP contribution in [-0.2, 0) is 39.0 Å². The molecule has 0 radical (unpaired) electrons. The fraction of sp³-hybridized carbons (Fsp3) is 0.429. The van der Waals surface area contributed by atoms with Crippen LogP contribution in [0.25, 0.3) is 11.2 Å². The lowest BCUT2D eigenvalue weighted by Gasteiger charge is -2.34. The highest BCUT2D eigenvalue weighted by molar-refractivity contribution is 7.48. The second-order valence-electron chi connectivity index (χ2n) is 8.36. The number of methoxy groups -OCH3 is 1. The zero-order chi connectivity index (χ0) is 25.5. The van der Waals surface area contributed by atoms with Gasteiger partial charge in [-0.05, 0) is 12.5 Å². The molecule has 0 unspecified atom stereocenters. The number of phosphoric acid groups is 1. The normalized spacial score (nSPS) is 29.7. The lowest BCUT2D eigenvalue weighted by Crippen LogP contribution is -2.47. The molecule has 0 aliphatic carbocycles. The molecule has 2 aliphatic heterocycles. The molecule has 4 heterocycles. The van der Waals surface area contributed by atoms with Crippen molar-refractivity contribution in [3.8, 4) is 5.88 Å². The second-order valence-corrected chi connectivity index (χ2v) is 9.98. The summed E-state index contributed by atoms with van der Waals surface area (Å²) in [4.78, 5) is 24.5. The molecule has 36 heavy (non-hydrogen) atoms. The van der Waals surface area contributed by atoms with Crippen molar-refractivity contribution in [2.75, 3.05) is 26.1 Å². The molecule has 5 atom stereocenters. The maximum atomic E-state index is 13.1. The molecule has 3 N–H and O–H groups in total. The third-order valence-electron chi connectivity index (χ3n) is 5.79. The van der Waals surface area contributed by atoms with Crippen molar-refractivity contribution < 1.29 is 42.2 Å². The van der Waals surface area contributed by atoms with Gasteiger partial charge in [0, 0.05) is 0 Å². The molecule has 15 heteroatoms. The third-order valence-corrected chi connectivity index (χ3v) is 7.19. The summed E-state index contributed by atoms with van der Waals surface area (Å²) >= 11 is 0. The smallest absolute Gasteiger partial charge is 0.475 e. The van der Waals surface area contributed by atoms with Gasteiger partial charge < -0.3 is 25.1 Å². The minimum atomic E-state index is -4.22. The molecule has 0 spiro atoms. The quantitative estimate of drug-likeness (QED) is 0.336. The predicted molar refractivity (Wildman–Crippen MR) is 121 cm³/mol. The molecule has 2 saturated heterocycles. The van der Waals surface area contributed by atoms with E-state index in [1.54, 1.807) is 12.1 Å². The number of aliphatic hydroxyl groups is 1. The predicted octanol–water partition coefficient (Wildman–Crippen LogP) is 1.35. The fourth-order valence-corrected chi connectivity index (χ4v) is 5.49. The van der Waals surface area contributed by atoms with Crippen LogP contribution in [0.2, 0.25) is 0 Å². The Labute approximate surface area is 204 Å². The maximum absolute atomic E-state index is 13.1. The number of carbonyl (C=O) groups is 1. The minimum absolute atomic E-state index is 0.0295. The van der Waals surface area contributed by atoms with Gasteiger partial charge >= 0.3 is 13.8 Å². The number of imidazole rings is 1. The average Bonchev–Trinajstić information content (AvgIpc) is 3.39. The van der Waals surface area contributed by atoms with Crippen LogP contribution in [0.3, 0.4) is 0 Å². The Morgan fingerprint density at radius 3 is 2.86 bits per heavy atom. The van der Waals surface area contributed by atoms with Crippen LogP contribution < -0.4 is 10.5 Å². The molecule has 1 aromatic carbocycles. The maximum Gasteiger partial charge on any atom is 0.475 e. The molecule has 2 aliphatic rings. The molecule has 0 saturated carbocycles. The van der Waals surface area contributed by atoms with E-state index in [0.29, 0.717) is 5.52 Å². The average molecular weight is 521 g/mol. The first kappa shape index (κ1) is 24.6. The summed E-state index contributed by atoms with van der Waals surface area (Å²) in [6, 6.07) is 9.05. The summed E-state index contributed by atoms with van der Waals surface area (Å²) in [5.74, 6) is -0.664. The molecule has 5 rings (SSSR count). The van der Waals surface area contributed by atoms with E-state index in [1.807, 2.05) is 18.2 Å². The number of rotatable bonds is 7. The number of benzene rings is 1. The van der Waals surface area contributed by atoms with E-state index in [4.69, 9.17) is 33.5 Å². The van der Waals surface area contributed by atoms with E-state index in [2.05, 4.69) is 15.0 Å². The molecule has 0 bridgehead atoms. The van der Waals surface area contributed by atoms with Gasteiger partial charge in [0.15, 0.2) is 24.0 Å². The van der Waals surface area contributed by atoms with Crippen LogP contribution in [0.1, 0.15) is 18.7 Å². The molecule has 3 aromatic rings. The summed E-state index contributed by atoms with van der Waals surface area (Å²) in [7, 11) is -2.80. The van der Waals surface area contributed by atoms with Crippen molar-refractivity contribution >= 4 is 30.9 Å². The number of nitrogens with two attached hydrogens (primary N) is 1. The number of carbonyl (C=O) groups excluding carboxylic acids is 1. The zero-order valence-corrected chi connectivity index (χ0v) is 20.2. The first-order chi connectivity index (χ1) is 17.2. The molecule has 0 amide bonds. The van der Waals surface area contributed by atoms with Gasteiger partial charge in [0.1, 0.15) is 24.4 Å². The second kappa shape index (κ2) is 9.39. The fourth-order valence-electron chi connectivity index (χ4n) is 4.07. The molecular weight excluding hydrogens is 497 g/mol. The lowest BCUT2D eigenvalue weighted by molar-refractivity contribution is -0.149. The standard InChI is InChI=1S/C21H24N5O9P/c1-21(28)16-13(34-19(21)26-11-23-15-17(26)24-20(22)25-18(15)30-2)9-32-36(29,35-16)33-10-14(27)31-8-12-6-4-3-5-7-12/h3-7,11,13,16,19,28H,8-10H2,1-2H3,(H2,22,24,25)/t13-,16-,19-,21-,36-/m1/s1. The van der Waals surface area contributed by atoms with Crippen molar-refractivity contribution in [2.24, 2.45) is 0 Å². The lowest BCUT2D eigenvalue weighted by atomic mass is 9.96. The van der Waals surface area contributed by atoms with Crippen molar-refractivity contribution in [3.05, 3.63) is 42.2 Å². The topological polar surface area (TPSA) is 179 Å². The van der Waals surface area contributed by atoms with E-state index < -0.39 is 44.4 Å². The Balaban J connectivity index is 1.28. The number of nitrogen functional groups attached to an aromatic ring is 1. The van der Waals surface area contributed by atoms with E-state index in [9.17, 15) is 14.5 Å². The van der Waals surface area contributed by atoms with Crippen molar-refractivity contribution in [2.45, 2.75) is 37.6 Å². The summed E-state index contributed by atoms with van der Waals surface area (Å²) in [6.07, 6.45) is -1.61. The first-order valence-electron chi connectivity index (χ1n) is 10.9. The Hall–Kier alpha value is -3.13. The summed E-state index contributed by atoms with van der Waals surface area (Å²) in [6.45, 7) is 0.582. The number of hydrogen-bond acceptors (Lipinski definition) is 13. The van der Waals surface area contributed by atoms with Crippen molar-refractivity contribution in [3.63, 3.8) is 0 Å². The van der Waals surface area contributed by atoms with E-state index in [1.165, 1.54) is 24.9 Å². The number of phosphoric ester groups is 1. The number of nitrogens with zero attached hydrogens (tertiary/aromatic N) is 4. The Morgan fingerprint density at radius 2 is 2.11 bits per heavy atom. The SMILES string of the molecule is COc1nc(N)nc2c1ncn2[C@@H]1O[C@@H]2CO[P@](=O)(OCC(=O)OCc3ccccc3)O[C@H]2[C@@]1(C)O. The zero-order valence-electron chi connectivity index (χ0n) is 19.3. The van der Waals surface area contributed by atoms with Crippen molar-refractivity contribution in [1.82, 2.24) is 19.5 Å². The molecular formula is C21H24N5O9P. The molecule has 192 valence electrons. The monoisotopic (exact) mass is 521 g/mol. The van der Waals surface area contributed by atoms with Crippen LogP contribution in [-0.4, -0.2) is 68.7 Å². The summed E-state index contributed by atoms with van der Waals surface area (Å²) in [5.41, 5.74) is 5.39. The van der Waals surface area contributed by atoms with Gasteiger partial charge in [-0.15, -0.1) is 0 Å². The number of aromatic nitrogens is 4. The minimum Gasteiger partial charge on any atom is -0.479 e. The number of hydrogen-bond donors (Lipinski definition) is 2. The Morgan fingerprint density at radius 1 is 1.33 bits per heavy atom. The van der Waals surface area contributed by atoms with Crippen molar-refractivity contribution in [1.29, 1.82) is 0 Å². The van der Waals surface area contributed by atoms with Gasteiger partial charge in [0.25, 0.3) is 0 Å². The molecule has 2 fully saturated rings. The van der Waals surface area contributed by atoms with Gasteiger partial charge in [-0.3, -0.25) is 18.1 Å². The summed E-state index contributed by atoms with van der Waals surface area (Å²) < 4.78 is 46.8. The molecule has 2 aromatic heterocycles. The number of fused-ring (bicyclic) bond motifs is 2. The molecule has 14 nitrogen and oxygen atoms in total. The highest BCUT2D eigenvalue weighted by Crippen LogP contribution is 2.58. The number of ether oxygens (including phenoxy) is 3. The van der Waals surface area contributed by atoms with Crippen LogP contribution in [0.5, 0.6) is 5.88 Å². The van der Waals surface area contributed by atoms with Gasteiger partial charge in [-0.2, -0.15) is 9.97 Å². The number of anilines is 1. The largest absolute Gasteiger partial charge is 0.479 e. The summed E-state index contributed by atoms with van der Waals surface area (Å²) in [5, 5.41) is 11.4. The third kappa shape index (κ3) is 4.54. The number of esters is 1. The Kier molecular flexibility index (Phi) is 6.41. The van der Waals surface area contributed by atoms with E-state index in [0.717, 1.165) is 5.56 Å². The van der Waals surface area contributed by atoms with Crippen LogP contribution >= 0.6 is 7.82 Å². The van der Waals surface area contributed by atoms with E-state index >= 15 is 0 Å². The van der Waals surface area contributed by atoms with Gasteiger partial charge in [-0.25, -0.2) is 14.3 Å².